The van der Waals surface area contributed by atoms with Gasteiger partial charge in [-0.25, -0.2) is 8.42 Å². The average Bonchev–Trinajstić information content (AvgIpc) is 3.47. The monoisotopic (exact) mass is 482 g/mol. The summed E-state index contributed by atoms with van der Waals surface area (Å²) in [5.41, 5.74) is 1.75. The van der Waals surface area contributed by atoms with Crippen LogP contribution in [0.25, 0.3) is 10.9 Å². The van der Waals surface area contributed by atoms with Gasteiger partial charge < -0.3 is 14.5 Å². The molecular weight excluding hydrogens is 452 g/mol. The van der Waals surface area contributed by atoms with Gasteiger partial charge in [0.2, 0.25) is 16.8 Å². The fourth-order valence-corrected chi connectivity index (χ4v) is 6.45. The van der Waals surface area contributed by atoms with Gasteiger partial charge in [-0.15, -0.1) is 0 Å². The van der Waals surface area contributed by atoms with Gasteiger partial charge in [0, 0.05) is 29.6 Å². The zero-order valence-corrected chi connectivity index (χ0v) is 20.6. The number of aromatic nitrogens is 1. The Labute approximate surface area is 199 Å². The summed E-state index contributed by atoms with van der Waals surface area (Å²) in [5, 5.41) is 0.775. The van der Waals surface area contributed by atoms with Gasteiger partial charge in [0.1, 0.15) is 0 Å². The predicted octanol–water partition coefficient (Wildman–Crippen LogP) is 4.69. The fraction of sp³-hybridized carbons (Fsp3) is 0.423. The van der Waals surface area contributed by atoms with Crippen LogP contribution in [0.2, 0.25) is 0 Å². The summed E-state index contributed by atoms with van der Waals surface area (Å²) in [6.45, 7) is 6.46. The maximum atomic E-state index is 13.8. The number of H-pyrrole nitrogens is 1. The Morgan fingerprint density at radius 2 is 1.65 bits per heavy atom. The smallest absolute Gasteiger partial charge is 0.252 e. The third-order valence-corrected chi connectivity index (χ3v) is 8.71. The highest BCUT2D eigenvalue weighted by atomic mass is 32.2. The molecule has 0 unspecified atom stereocenters. The van der Waals surface area contributed by atoms with Crippen LogP contribution in [-0.2, 0) is 22.0 Å². The number of nitrogens with one attached hydrogen (secondary N) is 1. The molecule has 0 amide bonds. The molecule has 1 aliphatic heterocycles. The summed E-state index contributed by atoms with van der Waals surface area (Å²) in [6.07, 6.45) is 3.56. The maximum Gasteiger partial charge on any atom is 0.252 e. The molecule has 1 fully saturated rings. The van der Waals surface area contributed by atoms with Gasteiger partial charge >= 0.3 is 0 Å². The minimum Gasteiger partial charge on any atom is -0.454 e. The zero-order valence-electron chi connectivity index (χ0n) is 19.8. The standard InChI is InChI=1S/C26H30N2O5S/c1-26(2,3)19-8-10-21(11-9-19)34(30,31)28(20-6-4-5-7-20)15-18-12-17-13-23-24(33-16-32-23)14-22(17)27-25(18)29/h8-14,20H,4-7,15-16H2,1-3H3,(H,27,29). The zero-order chi connectivity index (χ0) is 24.1. The number of hydrogen-bond acceptors (Lipinski definition) is 5. The Morgan fingerprint density at radius 1 is 1.00 bits per heavy atom. The first-order valence-electron chi connectivity index (χ1n) is 11.7. The highest BCUT2D eigenvalue weighted by Crippen LogP contribution is 2.36. The van der Waals surface area contributed by atoms with Crippen LogP contribution in [0.15, 0.2) is 52.2 Å². The van der Waals surface area contributed by atoms with Gasteiger partial charge in [0.05, 0.1) is 10.4 Å². The molecular formula is C26H30N2O5S. The van der Waals surface area contributed by atoms with E-state index in [-0.39, 0.29) is 35.2 Å². The third kappa shape index (κ3) is 4.20. The van der Waals surface area contributed by atoms with E-state index in [0.717, 1.165) is 36.6 Å². The average molecular weight is 483 g/mol. The van der Waals surface area contributed by atoms with E-state index < -0.39 is 10.0 Å². The van der Waals surface area contributed by atoms with Crippen LogP contribution in [0.1, 0.15) is 57.6 Å². The lowest BCUT2D eigenvalue weighted by Crippen LogP contribution is -2.39. The molecule has 7 nitrogen and oxygen atoms in total. The number of ether oxygens (including phenoxy) is 2. The Morgan fingerprint density at radius 3 is 2.29 bits per heavy atom. The molecule has 34 heavy (non-hydrogen) atoms. The molecule has 2 aliphatic rings. The first kappa shape index (κ1) is 22.9. The molecule has 3 aromatic rings. The Bertz CT molecular complexity index is 1380. The lowest BCUT2D eigenvalue weighted by atomic mass is 9.87. The maximum absolute atomic E-state index is 13.8. The molecule has 5 rings (SSSR count). The quantitative estimate of drug-likeness (QED) is 0.570. The van der Waals surface area contributed by atoms with Gasteiger partial charge in [0.25, 0.3) is 5.56 Å². The van der Waals surface area contributed by atoms with Crippen LogP contribution in [-0.4, -0.2) is 30.5 Å². The van der Waals surface area contributed by atoms with Gasteiger partial charge in [-0.05, 0) is 48.1 Å². The van der Waals surface area contributed by atoms with Crippen molar-refractivity contribution in [2.45, 2.75) is 69.4 Å². The number of hydrogen-bond donors (Lipinski definition) is 1. The molecule has 2 aromatic carbocycles. The van der Waals surface area contributed by atoms with Crippen LogP contribution in [0, 0.1) is 0 Å². The molecule has 0 bridgehead atoms. The lowest BCUT2D eigenvalue weighted by Gasteiger charge is -2.28. The highest BCUT2D eigenvalue weighted by molar-refractivity contribution is 7.89. The van der Waals surface area contributed by atoms with Crippen LogP contribution >= 0.6 is 0 Å². The van der Waals surface area contributed by atoms with Crippen LogP contribution in [0.4, 0.5) is 0 Å². The van der Waals surface area contributed by atoms with Crippen molar-refractivity contribution in [2.24, 2.45) is 0 Å². The van der Waals surface area contributed by atoms with Gasteiger partial charge in [0.15, 0.2) is 11.5 Å². The van der Waals surface area contributed by atoms with E-state index >= 15 is 0 Å². The van der Waals surface area contributed by atoms with Crippen molar-refractivity contribution in [2.75, 3.05) is 6.79 Å². The summed E-state index contributed by atoms with van der Waals surface area (Å²) in [6, 6.07) is 12.3. The summed E-state index contributed by atoms with van der Waals surface area (Å²) >= 11 is 0. The second-order valence-corrected chi connectivity index (χ2v) is 12.1. The van der Waals surface area contributed by atoms with Crippen molar-refractivity contribution < 1.29 is 17.9 Å². The molecule has 8 heteroatoms. The fourth-order valence-electron chi connectivity index (χ4n) is 4.79. The SMILES string of the molecule is CC(C)(C)c1ccc(S(=O)(=O)N(Cc2cc3cc4c(cc3[nH]c2=O)OCO4)C2CCCC2)cc1. The number of aromatic amines is 1. The predicted molar refractivity (Wildman–Crippen MR) is 131 cm³/mol. The lowest BCUT2D eigenvalue weighted by molar-refractivity contribution is 0.174. The summed E-state index contributed by atoms with van der Waals surface area (Å²) < 4.78 is 40.0. The van der Waals surface area contributed by atoms with Gasteiger partial charge in [-0.1, -0.05) is 45.7 Å². The summed E-state index contributed by atoms with van der Waals surface area (Å²) in [7, 11) is -3.79. The first-order chi connectivity index (χ1) is 16.1. The highest BCUT2D eigenvalue weighted by Gasteiger charge is 2.34. The molecule has 0 atom stereocenters. The minimum absolute atomic E-state index is 0.0216. The third-order valence-electron chi connectivity index (χ3n) is 6.80. The summed E-state index contributed by atoms with van der Waals surface area (Å²) in [4.78, 5) is 16.1. The van der Waals surface area contributed by atoms with Crippen LogP contribution in [0.5, 0.6) is 11.5 Å². The number of pyridine rings is 1. The van der Waals surface area contributed by atoms with Crippen LogP contribution in [0.3, 0.4) is 0 Å². The van der Waals surface area contributed by atoms with E-state index in [4.69, 9.17) is 9.47 Å². The van der Waals surface area contributed by atoms with Crippen molar-refractivity contribution >= 4 is 20.9 Å². The topological polar surface area (TPSA) is 88.7 Å². The molecule has 0 spiro atoms. The second kappa shape index (κ2) is 8.43. The molecule has 180 valence electrons. The van der Waals surface area contributed by atoms with Crippen molar-refractivity contribution in [1.82, 2.24) is 9.29 Å². The van der Waals surface area contributed by atoms with Crippen molar-refractivity contribution in [1.29, 1.82) is 0 Å². The number of nitrogens with zero attached hydrogens (tertiary/aromatic N) is 1. The van der Waals surface area contributed by atoms with Crippen LogP contribution < -0.4 is 15.0 Å². The molecule has 0 radical (unpaired) electrons. The normalized spacial score (nSPS) is 16.6. The van der Waals surface area contributed by atoms with Gasteiger partial charge in [-0.3, -0.25) is 4.79 Å². The number of sulfonamides is 1. The van der Waals surface area contributed by atoms with E-state index in [9.17, 15) is 13.2 Å². The largest absolute Gasteiger partial charge is 0.454 e. The number of fused-ring (bicyclic) bond motifs is 2. The molecule has 1 aromatic heterocycles. The number of rotatable bonds is 5. The molecule has 2 heterocycles. The van der Waals surface area contributed by atoms with Gasteiger partial charge in [-0.2, -0.15) is 4.31 Å². The number of benzene rings is 2. The van der Waals surface area contributed by atoms with Crippen molar-refractivity contribution in [3.63, 3.8) is 0 Å². The molecule has 1 aliphatic carbocycles. The van der Waals surface area contributed by atoms with E-state index in [1.165, 1.54) is 4.31 Å². The van der Waals surface area contributed by atoms with E-state index in [0.29, 0.717) is 22.6 Å². The van der Waals surface area contributed by atoms with E-state index in [2.05, 4.69) is 25.8 Å². The minimum atomic E-state index is -3.79. The van der Waals surface area contributed by atoms with E-state index in [1.54, 1.807) is 24.3 Å². The molecule has 0 saturated heterocycles. The first-order valence-corrected chi connectivity index (χ1v) is 13.1. The molecule has 1 saturated carbocycles. The van der Waals surface area contributed by atoms with Crippen molar-refractivity contribution in [3.05, 3.63) is 63.9 Å². The molecule has 1 N–H and O–H groups in total. The Hall–Kier alpha value is -2.84. The summed E-state index contributed by atoms with van der Waals surface area (Å²) in [5.74, 6) is 1.20. The Kier molecular flexibility index (Phi) is 5.68. The van der Waals surface area contributed by atoms with Crippen molar-refractivity contribution in [3.8, 4) is 11.5 Å². The Balaban J connectivity index is 1.53. The van der Waals surface area contributed by atoms with E-state index in [1.807, 2.05) is 18.2 Å². The second-order valence-electron chi connectivity index (χ2n) is 10.2.